The van der Waals surface area contributed by atoms with E-state index < -0.39 is 0 Å². The number of hydrogen-bond donors (Lipinski definition) is 1. The van der Waals surface area contributed by atoms with Crippen molar-refractivity contribution >= 4 is 11.8 Å². The number of benzene rings is 1. The average Bonchev–Trinajstić information content (AvgIpc) is 2.95. The van der Waals surface area contributed by atoms with Crippen LogP contribution in [0.4, 0.5) is 0 Å². The Morgan fingerprint density at radius 3 is 2.28 bits per heavy atom. The monoisotopic (exact) mass is 344 g/mol. The lowest BCUT2D eigenvalue weighted by molar-refractivity contribution is -0.130. The summed E-state index contributed by atoms with van der Waals surface area (Å²) in [5.74, 6) is 0.417. The van der Waals surface area contributed by atoms with Crippen LogP contribution >= 0.6 is 0 Å². The van der Waals surface area contributed by atoms with E-state index in [-0.39, 0.29) is 11.8 Å². The number of amides is 2. The number of likely N-dealkylation sites (tertiary alicyclic amines) is 1. The smallest absolute Gasteiger partial charge is 0.248 e. The van der Waals surface area contributed by atoms with Gasteiger partial charge < -0.3 is 10.6 Å². The largest absolute Gasteiger partial charge is 0.366 e. The first kappa shape index (κ1) is 17.9. The number of primary amides is 1. The molecule has 1 aromatic carbocycles. The summed E-state index contributed by atoms with van der Waals surface area (Å²) in [7, 11) is 0. The number of carbonyl (C=O) groups excluding carboxylic acids is 2. The third kappa shape index (κ3) is 4.19. The number of piperazine rings is 1. The number of carbonyl (C=O) groups is 2. The molecule has 6 nitrogen and oxygen atoms in total. The predicted octanol–water partition coefficient (Wildman–Crippen LogP) is 0.770. The summed E-state index contributed by atoms with van der Waals surface area (Å²) in [6.07, 6.45) is 0. The molecule has 0 bridgehead atoms. The molecule has 2 amide bonds. The van der Waals surface area contributed by atoms with E-state index in [9.17, 15) is 9.59 Å². The van der Waals surface area contributed by atoms with Crippen LogP contribution in [0.2, 0.25) is 0 Å². The highest BCUT2D eigenvalue weighted by Crippen LogP contribution is 2.24. The summed E-state index contributed by atoms with van der Waals surface area (Å²) in [6, 6.07) is 8.14. The zero-order valence-corrected chi connectivity index (χ0v) is 15.1. The lowest BCUT2D eigenvalue weighted by Gasteiger charge is -2.39. The Morgan fingerprint density at radius 2 is 1.72 bits per heavy atom. The Morgan fingerprint density at radius 1 is 1.08 bits per heavy atom. The molecule has 0 unspecified atom stereocenters. The molecule has 136 valence electrons. The van der Waals surface area contributed by atoms with E-state index in [0.29, 0.717) is 17.5 Å². The minimum atomic E-state index is -0.383. The first-order valence-corrected chi connectivity index (χ1v) is 9.04. The van der Waals surface area contributed by atoms with Gasteiger partial charge in [-0.1, -0.05) is 19.1 Å². The molecule has 2 atom stereocenters. The first-order chi connectivity index (χ1) is 11.9. The van der Waals surface area contributed by atoms with Gasteiger partial charge in [0.2, 0.25) is 11.8 Å². The molecule has 3 rings (SSSR count). The lowest BCUT2D eigenvalue weighted by atomic mass is 10.0. The maximum atomic E-state index is 11.5. The minimum absolute atomic E-state index is 0.181. The van der Waals surface area contributed by atoms with Crippen molar-refractivity contribution in [3.63, 3.8) is 0 Å². The Balaban J connectivity index is 1.54. The van der Waals surface area contributed by atoms with Crippen molar-refractivity contribution < 1.29 is 9.59 Å². The summed E-state index contributed by atoms with van der Waals surface area (Å²) < 4.78 is 0. The van der Waals surface area contributed by atoms with E-state index in [1.165, 1.54) is 5.56 Å². The molecular weight excluding hydrogens is 316 g/mol. The second-order valence-corrected chi connectivity index (χ2v) is 7.34. The van der Waals surface area contributed by atoms with Crippen molar-refractivity contribution in [1.29, 1.82) is 0 Å². The van der Waals surface area contributed by atoms with Gasteiger partial charge in [0.25, 0.3) is 0 Å². The summed E-state index contributed by atoms with van der Waals surface area (Å²) >= 11 is 0. The van der Waals surface area contributed by atoms with E-state index in [0.717, 1.165) is 45.8 Å². The SMILES string of the molecule is CC(=O)N1CCN([C@@H]2CN(Cc3ccc(C(N)=O)cc3)C[C@@H]2C)CC1. The van der Waals surface area contributed by atoms with Crippen molar-refractivity contribution in [3.8, 4) is 0 Å². The fraction of sp³-hybridized carbons (Fsp3) is 0.579. The quantitative estimate of drug-likeness (QED) is 0.876. The molecule has 2 saturated heterocycles. The van der Waals surface area contributed by atoms with Gasteiger partial charge in [-0.05, 0) is 23.6 Å². The van der Waals surface area contributed by atoms with E-state index in [1.807, 2.05) is 17.0 Å². The number of nitrogens with zero attached hydrogens (tertiary/aromatic N) is 3. The highest BCUT2D eigenvalue weighted by molar-refractivity contribution is 5.92. The van der Waals surface area contributed by atoms with Crippen LogP contribution in [0.15, 0.2) is 24.3 Å². The van der Waals surface area contributed by atoms with Crippen molar-refractivity contribution in [2.45, 2.75) is 26.4 Å². The molecular formula is C19H28N4O2. The van der Waals surface area contributed by atoms with Crippen LogP contribution in [-0.2, 0) is 11.3 Å². The van der Waals surface area contributed by atoms with Gasteiger partial charge in [-0.2, -0.15) is 0 Å². The maximum Gasteiger partial charge on any atom is 0.248 e. The molecule has 0 radical (unpaired) electrons. The molecule has 0 aromatic heterocycles. The third-order valence-electron chi connectivity index (χ3n) is 5.52. The second-order valence-electron chi connectivity index (χ2n) is 7.34. The van der Waals surface area contributed by atoms with Crippen molar-refractivity contribution in [1.82, 2.24) is 14.7 Å². The van der Waals surface area contributed by atoms with Crippen LogP contribution < -0.4 is 5.73 Å². The fourth-order valence-corrected chi connectivity index (χ4v) is 4.05. The maximum absolute atomic E-state index is 11.5. The zero-order chi connectivity index (χ0) is 18.0. The number of rotatable bonds is 4. The third-order valence-corrected chi connectivity index (χ3v) is 5.52. The van der Waals surface area contributed by atoms with Gasteiger partial charge in [0, 0.05) is 64.3 Å². The highest BCUT2D eigenvalue weighted by Gasteiger charge is 2.35. The normalized spacial score (nSPS) is 25.3. The van der Waals surface area contributed by atoms with E-state index in [1.54, 1.807) is 19.1 Å². The molecule has 2 fully saturated rings. The molecule has 0 aliphatic carbocycles. The van der Waals surface area contributed by atoms with Crippen LogP contribution in [-0.4, -0.2) is 71.8 Å². The summed E-state index contributed by atoms with van der Waals surface area (Å²) in [5, 5.41) is 0. The van der Waals surface area contributed by atoms with Gasteiger partial charge in [-0.25, -0.2) is 0 Å². The molecule has 2 N–H and O–H groups in total. The molecule has 0 spiro atoms. The Hall–Kier alpha value is -1.92. The molecule has 2 heterocycles. The summed E-state index contributed by atoms with van der Waals surface area (Å²) in [4.78, 5) is 29.6. The van der Waals surface area contributed by atoms with Crippen LogP contribution in [0.3, 0.4) is 0 Å². The van der Waals surface area contributed by atoms with Crippen molar-refractivity contribution in [2.24, 2.45) is 11.7 Å². The summed E-state index contributed by atoms with van der Waals surface area (Å²) in [6.45, 7) is 10.6. The van der Waals surface area contributed by atoms with Crippen LogP contribution in [0.1, 0.15) is 29.8 Å². The second kappa shape index (κ2) is 7.54. The molecule has 1 aromatic rings. The van der Waals surface area contributed by atoms with Crippen molar-refractivity contribution in [3.05, 3.63) is 35.4 Å². The topological polar surface area (TPSA) is 69.9 Å². The van der Waals surface area contributed by atoms with Crippen LogP contribution in [0.5, 0.6) is 0 Å². The van der Waals surface area contributed by atoms with E-state index >= 15 is 0 Å². The van der Waals surface area contributed by atoms with Crippen LogP contribution in [0.25, 0.3) is 0 Å². The fourth-order valence-electron chi connectivity index (χ4n) is 4.05. The lowest BCUT2D eigenvalue weighted by Crippen LogP contribution is -2.53. The predicted molar refractivity (Wildman–Crippen MR) is 97.0 cm³/mol. The Kier molecular flexibility index (Phi) is 5.39. The number of nitrogens with two attached hydrogens (primary N) is 1. The zero-order valence-electron chi connectivity index (χ0n) is 15.1. The minimum Gasteiger partial charge on any atom is -0.366 e. The highest BCUT2D eigenvalue weighted by atomic mass is 16.2. The van der Waals surface area contributed by atoms with E-state index in [2.05, 4.69) is 16.7 Å². The summed E-state index contributed by atoms with van der Waals surface area (Å²) in [5.41, 5.74) is 7.06. The van der Waals surface area contributed by atoms with Crippen molar-refractivity contribution in [2.75, 3.05) is 39.3 Å². The van der Waals surface area contributed by atoms with Gasteiger partial charge in [0.05, 0.1) is 0 Å². The average molecular weight is 344 g/mol. The van der Waals surface area contributed by atoms with E-state index in [4.69, 9.17) is 5.73 Å². The molecule has 6 heteroatoms. The first-order valence-electron chi connectivity index (χ1n) is 9.04. The van der Waals surface area contributed by atoms with Gasteiger partial charge in [0.1, 0.15) is 0 Å². The standard InChI is InChI=1S/C19H28N4O2/c1-14-11-21(12-16-3-5-17(6-4-16)19(20)25)13-18(14)23-9-7-22(8-10-23)15(2)24/h3-6,14,18H,7-13H2,1-2H3,(H2,20,25)/t14-,18+/m0/s1. The van der Waals surface area contributed by atoms with Gasteiger partial charge in [-0.15, -0.1) is 0 Å². The Bertz CT molecular complexity index is 623. The van der Waals surface area contributed by atoms with Crippen LogP contribution in [0, 0.1) is 5.92 Å². The molecule has 2 aliphatic heterocycles. The molecule has 2 aliphatic rings. The van der Waals surface area contributed by atoms with Gasteiger partial charge in [0.15, 0.2) is 0 Å². The van der Waals surface area contributed by atoms with Gasteiger partial charge >= 0.3 is 0 Å². The Labute approximate surface area is 149 Å². The van der Waals surface area contributed by atoms with Gasteiger partial charge in [-0.3, -0.25) is 19.4 Å². The molecule has 25 heavy (non-hydrogen) atoms. The molecule has 0 saturated carbocycles. The number of hydrogen-bond acceptors (Lipinski definition) is 4.